The Bertz CT molecular complexity index is 857. The Morgan fingerprint density at radius 3 is 2.61 bits per heavy atom. The molecule has 0 bridgehead atoms. The fourth-order valence-electron chi connectivity index (χ4n) is 3.68. The normalized spacial score (nSPS) is 18.8. The van der Waals surface area contributed by atoms with Crippen LogP contribution in [0.5, 0.6) is 11.5 Å². The number of amides is 1. The second-order valence-corrected chi connectivity index (χ2v) is 8.62. The minimum atomic E-state index is -0.586. The Kier molecular flexibility index (Phi) is 5.69. The highest BCUT2D eigenvalue weighted by molar-refractivity contribution is 5.81. The minimum Gasteiger partial charge on any atom is -0.487 e. The number of carbonyl (C=O) groups excluding carboxylic acids is 1. The highest BCUT2D eigenvalue weighted by Gasteiger charge is 2.35. The van der Waals surface area contributed by atoms with Gasteiger partial charge >= 0.3 is 0 Å². The van der Waals surface area contributed by atoms with Gasteiger partial charge in [0.25, 0.3) is 5.91 Å². The van der Waals surface area contributed by atoms with Crippen LogP contribution in [0.3, 0.4) is 0 Å². The van der Waals surface area contributed by atoms with Gasteiger partial charge < -0.3 is 14.8 Å². The third-order valence-electron chi connectivity index (χ3n) is 5.16. The monoisotopic (exact) mass is 381 g/mol. The average Bonchev–Trinajstić information content (AvgIpc) is 2.60. The molecule has 28 heavy (non-hydrogen) atoms. The maximum Gasteiger partial charge on any atom is 0.261 e. The first-order chi connectivity index (χ1) is 13.2. The fraction of sp³-hybridized carbons (Fsp3) is 0.458. The largest absolute Gasteiger partial charge is 0.487 e. The molecule has 0 radical (unpaired) electrons. The van der Waals surface area contributed by atoms with Crippen molar-refractivity contribution in [1.29, 1.82) is 0 Å². The van der Waals surface area contributed by atoms with E-state index < -0.39 is 6.10 Å². The fourth-order valence-corrected chi connectivity index (χ4v) is 3.68. The van der Waals surface area contributed by atoms with Gasteiger partial charge in [-0.2, -0.15) is 0 Å². The molecule has 0 spiro atoms. The first-order valence-corrected chi connectivity index (χ1v) is 10.0. The molecule has 0 fully saturated rings. The van der Waals surface area contributed by atoms with Crippen LogP contribution in [0.4, 0.5) is 0 Å². The third-order valence-corrected chi connectivity index (χ3v) is 5.16. The molecule has 3 rings (SSSR count). The van der Waals surface area contributed by atoms with Crippen molar-refractivity contribution in [1.82, 2.24) is 5.32 Å². The lowest BCUT2D eigenvalue weighted by atomic mass is 9.89. The van der Waals surface area contributed by atoms with Crippen LogP contribution in [0.2, 0.25) is 0 Å². The molecule has 0 saturated carbocycles. The van der Waals surface area contributed by atoms with Gasteiger partial charge in [-0.05, 0) is 56.9 Å². The molecule has 150 valence electrons. The highest BCUT2D eigenvalue weighted by Crippen LogP contribution is 2.39. The zero-order valence-corrected chi connectivity index (χ0v) is 17.7. The predicted octanol–water partition coefficient (Wildman–Crippen LogP) is 5.30. The predicted molar refractivity (Wildman–Crippen MR) is 112 cm³/mol. The summed E-state index contributed by atoms with van der Waals surface area (Å²) in [6.07, 6.45) is 0.127. The van der Waals surface area contributed by atoms with Gasteiger partial charge in [-0.3, -0.25) is 4.79 Å². The Morgan fingerprint density at radius 1 is 1.18 bits per heavy atom. The van der Waals surface area contributed by atoms with Crippen molar-refractivity contribution in [3.8, 4) is 11.5 Å². The standard InChI is InChI=1S/C24H31NO3/c1-15(2)18-12-11-16(3)13-22(18)27-17(4)23(26)25-20-14-24(5,6)28-21-10-8-7-9-19(20)21/h7-13,15,17,20H,14H2,1-6H3,(H,25,26). The first-order valence-electron chi connectivity index (χ1n) is 10.0. The van der Waals surface area contributed by atoms with E-state index in [2.05, 4.69) is 31.3 Å². The lowest BCUT2D eigenvalue weighted by Gasteiger charge is -2.38. The van der Waals surface area contributed by atoms with Gasteiger partial charge in [0.15, 0.2) is 6.10 Å². The molecule has 0 aromatic heterocycles. The van der Waals surface area contributed by atoms with Crippen molar-refractivity contribution < 1.29 is 14.3 Å². The van der Waals surface area contributed by atoms with Crippen LogP contribution in [0.15, 0.2) is 42.5 Å². The molecule has 1 aliphatic rings. The van der Waals surface area contributed by atoms with Gasteiger partial charge in [0.1, 0.15) is 17.1 Å². The summed E-state index contributed by atoms with van der Waals surface area (Å²) < 4.78 is 12.1. The van der Waals surface area contributed by atoms with Crippen LogP contribution in [0.1, 0.15) is 69.7 Å². The Morgan fingerprint density at radius 2 is 1.89 bits per heavy atom. The van der Waals surface area contributed by atoms with Crippen LogP contribution in [-0.2, 0) is 4.79 Å². The molecule has 0 aliphatic carbocycles. The van der Waals surface area contributed by atoms with Crippen molar-refractivity contribution in [2.75, 3.05) is 0 Å². The molecule has 2 aromatic rings. The molecule has 1 N–H and O–H groups in total. The van der Waals surface area contributed by atoms with E-state index in [1.54, 1.807) is 6.92 Å². The van der Waals surface area contributed by atoms with Crippen LogP contribution in [0.25, 0.3) is 0 Å². The van der Waals surface area contributed by atoms with Gasteiger partial charge in [0.2, 0.25) is 0 Å². The molecule has 0 saturated heterocycles. The van der Waals surface area contributed by atoms with Crippen LogP contribution in [0, 0.1) is 6.92 Å². The molecular formula is C24H31NO3. The van der Waals surface area contributed by atoms with Crippen LogP contribution < -0.4 is 14.8 Å². The molecule has 2 aromatic carbocycles. The first kappa shape index (κ1) is 20.2. The number of carbonyl (C=O) groups is 1. The SMILES string of the molecule is Cc1ccc(C(C)C)c(OC(C)C(=O)NC2CC(C)(C)Oc3ccccc32)c1. The smallest absolute Gasteiger partial charge is 0.261 e. The Labute approximate surface area is 168 Å². The summed E-state index contributed by atoms with van der Waals surface area (Å²) in [5, 5.41) is 3.17. The number of aryl methyl sites for hydroxylation is 1. The van der Waals surface area contributed by atoms with E-state index in [1.807, 2.05) is 51.1 Å². The van der Waals surface area contributed by atoms with E-state index in [1.165, 1.54) is 0 Å². The van der Waals surface area contributed by atoms with E-state index in [0.717, 1.165) is 28.2 Å². The lowest BCUT2D eigenvalue weighted by molar-refractivity contribution is -0.128. The van der Waals surface area contributed by atoms with Crippen molar-refractivity contribution in [2.45, 2.75) is 71.6 Å². The van der Waals surface area contributed by atoms with Crippen molar-refractivity contribution in [3.63, 3.8) is 0 Å². The van der Waals surface area contributed by atoms with Gasteiger partial charge in [-0.1, -0.05) is 44.2 Å². The number of para-hydroxylation sites is 1. The van der Waals surface area contributed by atoms with Crippen molar-refractivity contribution in [2.24, 2.45) is 0 Å². The molecule has 2 unspecified atom stereocenters. The van der Waals surface area contributed by atoms with Crippen molar-refractivity contribution in [3.05, 3.63) is 59.2 Å². The van der Waals surface area contributed by atoms with E-state index in [4.69, 9.17) is 9.47 Å². The molecular weight excluding hydrogens is 350 g/mol. The molecule has 2 atom stereocenters. The maximum atomic E-state index is 12.9. The summed E-state index contributed by atoms with van der Waals surface area (Å²) in [5.41, 5.74) is 2.91. The topological polar surface area (TPSA) is 47.6 Å². The summed E-state index contributed by atoms with van der Waals surface area (Å²) in [7, 11) is 0. The zero-order chi connectivity index (χ0) is 20.5. The minimum absolute atomic E-state index is 0.0967. The van der Waals surface area contributed by atoms with E-state index >= 15 is 0 Å². The molecule has 1 amide bonds. The summed E-state index contributed by atoms with van der Waals surface area (Å²) >= 11 is 0. The summed E-state index contributed by atoms with van der Waals surface area (Å²) in [5.74, 6) is 1.83. The van der Waals surface area contributed by atoms with Crippen LogP contribution in [-0.4, -0.2) is 17.6 Å². The summed E-state index contributed by atoms with van der Waals surface area (Å²) in [6, 6.07) is 14.0. The molecule has 4 heteroatoms. The quantitative estimate of drug-likeness (QED) is 0.764. The zero-order valence-electron chi connectivity index (χ0n) is 17.7. The highest BCUT2D eigenvalue weighted by atomic mass is 16.5. The number of benzene rings is 2. The number of ether oxygens (including phenoxy) is 2. The van der Waals surface area contributed by atoms with Gasteiger partial charge in [0.05, 0.1) is 6.04 Å². The molecule has 4 nitrogen and oxygen atoms in total. The second kappa shape index (κ2) is 7.86. The maximum absolute atomic E-state index is 12.9. The molecule has 1 aliphatic heterocycles. The molecule has 1 heterocycles. The third kappa shape index (κ3) is 4.49. The number of hydrogen-bond donors (Lipinski definition) is 1. The number of hydrogen-bond acceptors (Lipinski definition) is 3. The van der Waals surface area contributed by atoms with Gasteiger partial charge in [-0.15, -0.1) is 0 Å². The summed E-state index contributed by atoms with van der Waals surface area (Å²) in [6.45, 7) is 12.2. The van der Waals surface area contributed by atoms with E-state index in [9.17, 15) is 4.79 Å². The second-order valence-electron chi connectivity index (χ2n) is 8.62. The Balaban J connectivity index is 1.76. The van der Waals surface area contributed by atoms with E-state index in [-0.39, 0.29) is 17.6 Å². The lowest BCUT2D eigenvalue weighted by Crippen LogP contribution is -2.44. The van der Waals surface area contributed by atoms with Gasteiger partial charge in [0, 0.05) is 12.0 Å². The van der Waals surface area contributed by atoms with Crippen LogP contribution >= 0.6 is 0 Å². The Hall–Kier alpha value is -2.49. The van der Waals surface area contributed by atoms with Crippen molar-refractivity contribution >= 4 is 5.91 Å². The van der Waals surface area contributed by atoms with Gasteiger partial charge in [-0.25, -0.2) is 0 Å². The average molecular weight is 382 g/mol. The van der Waals surface area contributed by atoms with E-state index in [0.29, 0.717) is 12.3 Å². The number of fused-ring (bicyclic) bond motifs is 1. The number of rotatable bonds is 5. The number of nitrogens with one attached hydrogen (secondary N) is 1. The summed E-state index contributed by atoms with van der Waals surface area (Å²) in [4.78, 5) is 12.9.